The van der Waals surface area contributed by atoms with Gasteiger partial charge in [0.25, 0.3) is 0 Å². The first-order valence-electron chi connectivity index (χ1n) is 6.83. The van der Waals surface area contributed by atoms with E-state index in [9.17, 15) is 0 Å². The number of ether oxygens (including phenoxy) is 2. The molecule has 0 amide bonds. The molecule has 1 aliphatic rings. The van der Waals surface area contributed by atoms with Gasteiger partial charge in [-0.3, -0.25) is 0 Å². The van der Waals surface area contributed by atoms with Gasteiger partial charge in [0.2, 0.25) is 0 Å². The second kappa shape index (κ2) is 6.25. The molecule has 2 rings (SSSR count). The van der Waals surface area contributed by atoms with Crippen molar-refractivity contribution < 1.29 is 9.47 Å². The lowest BCUT2D eigenvalue weighted by Gasteiger charge is -2.42. The maximum absolute atomic E-state index is 6.34. The Kier molecular flexibility index (Phi) is 4.87. The van der Waals surface area contributed by atoms with E-state index in [2.05, 4.69) is 15.9 Å². The minimum Gasteiger partial charge on any atom is -0.494 e. The lowest BCUT2D eigenvalue weighted by Crippen LogP contribution is -2.41. The van der Waals surface area contributed by atoms with E-state index in [0.717, 1.165) is 35.0 Å². The predicted octanol–water partition coefficient (Wildman–Crippen LogP) is 3.81. The van der Waals surface area contributed by atoms with Crippen LogP contribution in [0.15, 0.2) is 22.7 Å². The molecule has 0 aliphatic heterocycles. The topological polar surface area (TPSA) is 44.5 Å². The Balaban J connectivity index is 2.08. The Bertz CT molecular complexity index is 427. The highest BCUT2D eigenvalue weighted by molar-refractivity contribution is 9.10. The average molecular weight is 328 g/mol. The number of halogens is 1. The fourth-order valence-electron chi connectivity index (χ4n) is 2.64. The summed E-state index contributed by atoms with van der Waals surface area (Å²) in [6, 6.07) is 6.00. The lowest BCUT2D eigenvalue weighted by molar-refractivity contribution is -0.0817. The van der Waals surface area contributed by atoms with E-state index in [-0.39, 0.29) is 11.6 Å². The zero-order valence-electron chi connectivity index (χ0n) is 11.6. The van der Waals surface area contributed by atoms with Crippen LogP contribution in [-0.4, -0.2) is 19.3 Å². The Morgan fingerprint density at radius 2 is 2.16 bits per heavy atom. The van der Waals surface area contributed by atoms with E-state index >= 15 is 0 Å². The van der Waals surface area contributed by atoms with E-state index in [1.165, 1.54) is 6.42 Å². The van der Waals surface area contributed by atoms with Crippen molar-refractivity contribution in [2.24, 2.45) is 5.73 Å². The van der Waals surface area contributed by atoms with E-state index < -0.39 is 0 Å². The van der Waals surface area contributed by atoms with E-state index in [4.69, 9.17) is 15.2 Å². The van der Waals surface area contributed by atoms with Gasteiger partial charge in [-0.2, -0.15) is 0 Å². The first kappa shape index (κ1) is 14.8. The van der Waals surface area contributed by atoms with Crippen LogP contribution in [-0.2, 0) is 4.74 Å². The van der Waals surface area contributed by atoms with Crippen molar-refractivity contribution in [2.45, 2.75) is 44.2 Å². The van der Waals surface area contributed by atoms with Crippen molar-refractivity contribution in [3.05, 3.63) is 28.2 Å². The fourth-order valence-corrected chi connectivity index (χ4v) is 3.29. The van der Waals surface area contributed by atoms with Crippen LogP contribution in [0.25, 0.3) is 0 Å². The average Bonchev–Trinajstić information content (AvgIpc) is 2.34. The minimum atomic E-state index is -0.00898. The number of rotatable bonds is 6. The van der Waals surface area contributed by atoms with Crippen LogP contribution in [0.2, 0.25) is 0 Å². The molecule has 0 radical (unpaired) electrons. The van der Waals surface area contributed by atoms with E-state index in [0.29, 0.717) is 6.61 Å². The molecule has 0 heterocycles. The Hall–Kier alpha value is -0.580. The summed E-state index contributed by atoms with van der Waals surface area (Å²) < 4.78 is 12.1. The molecule has 2 N–H and O–H groups in total. The first-order chi connectivity index (χ1) is 9.10. The van der Waals surface area contributed by atoms with Crippen LogP contribution < -0.4 is 10.5 Å². The van der Waals surface area contributed by atoms with Crippen molar-refractivity contribution in [2.75, 3.05) is 13.7 Å². The molecule has 19 heavy (non-hydrogen) atoms. The highest BCUT2D eigenvalue weighted by Gasteiger charge is 2.38. The zero-order chi connectivity index (χ0) is 13.9. The molecule has 1 unspecified atom stereocenters. The molecule has 1 aliphatic carbocycles. The molecule has 0 bridgehead atoms. The Morgan fingerprint density at radius 1 is 1.42 bits per heavy atom. The van der Waals surface area contributed by atoms with E-state index in [1.54, 1.807) is 7.11 Å². The maximum Gasteiger partial charge on any atom is 0.120 e. The standard InChI is InChI=1S/C15H22BrNO2/c1-3-19-11-5-6-12(13(16)9-11)14(17)10-15(18-2)7-4-8-15/h5-6,9,14H,3-4,7-8,10,17H2,1-2H3. The van der Waals surface area contributed by atoms with Gasteiger partial charge in [0.15, 0.2) is 0 Å². The molecule has 0 saturated heterocycles. The molecular formula is C15H22BrNO2. The maximum atomic E-state index is 6.34. The van der Waals surface area contributed by atoms with Gasteiger partial charge in [0.05, 0.1) is 12.2 Å². The van der Waals surface area contributed by atoms with Gasteiger partial charge < -0.3 is 15.2 Å². The van der Waals surface area contributed by atoms with Gasteiger partial charge in [-0.1, -0.05) is 22.0 Å². The summed E-state index contributed by atoms with van der Waals surface area (Å²) in [5.41, 5.74) is 7.46. The van der Waals surface area contributed by atoms with Gasteiger partial charge in [-0.25, -0.2) is 0 Å². The van der Waals surface area contributed by atoms with Gasteiger partial charge in [0.1, 0.15) is 5.75 Å². The first-order valence-corrected chi connectivity index (χ1v) is 7.62. The predicted molar refractivity (Wildman–Crippen MR) is 80.4 cm³/mol. The largest absolute Gasteiger partial charge is 0.494 e. The minimum absolute atomic E-state index is 0.00253. The zero-order valence-corrected chi connectivity index (χ0v) is 13.2. The van der Waals surface area contributed by atoms with Gasteiger partial charge in [0, 0.05) is 17.6 Å². The molecule has 1 atom stereocenters. The molecule has 1 saturated carbocycles. The second-order valence-electron chi connectivity index (χ2n) is 5.17. The van der Waals surface area contributed by atoms with Gasteiger partial charge in [-0.15, -0.1) is 0 Å². The third kappa shape index (κ3) is 3.30. The third-order valence-corrected chi connectivity index (χ3v) is 4.66. The molecular weight excluding hydrogens is 306 g/mol. The lowest BCUT2D eigenvalue weighted by atomic mass is 9.75. The molecule has 4 heteroatoms. The molecule has 1 fully saturated rings. The van der Waals surface area contributed by atoms with Crippen molar-refractivity contribution in [1.82, 2.24) is 0 Å². The molecule has 3 nitrogen and oxygen atoms in total. The molecule has 0 spiro atoms. The molecule has 106 valence electrons. The molecule has 1 aromatic rings. The number of nitrogens with two attached hydrogens (primary N) is 1. The van der Waals surface area contributed by atoms with Crippen LogP contribution >= 0.6 is 15.9 Å². The van der Waals surface area contributed by atoms with Crippen molar-refractivity contribution in [3.63, 3.8) is 0 Å². The second-order valence-corrected chi connectivity index (χ2v) is 6.02. The summed E-state index contributed by atoms with van der Waals surface area (Å²) in [6.07, 6.45) is 4.35. The van der Waals surface area contributed by atoms with Crippen LogP contribution in [0.3, 0.4) is 0 Å². The SMILES string of the molecule is CCOc1ccc(C(N)CC2(OC)CCC2)c(Br)c1. The number of hydrogen-bond donors (Lipinski definition) is 1. The monoisotopic (exact) mass is 327 g/mol. The fraction of sp³-hybridized carbons (Fsp3) is 0.600. The van der Waals surface area contributed by atoms with Crippen molar-refractivity contribution in [1.29, 1.82) is 0 Å². The smallest absolute Gasteiger partial charge is 0.120 e. The molecule has 0 aromatic heterocycles. The Morgan fingerprint density at radius 3 is 2.63 bits per heavy atom. The van der Waals surface area contributed by atoms with Crippen LogP contribution in [0.1, 0.15) is 44.2 Å². The number of benzene rings is 1. The quantitative estimate of drug-likeness (QED) is 0.864. The summed E-state index contributed by atoms with van der Waals surface area (Å²) in [7, 11) is 1.79. The van der Waals surface area contributed by atoms with Gasteiger partial charge in [-0.05, 0) is 50.3 Å². The van der Waals surface area contributed by atoms with Crippen LogP contribution in [0, 0.1) is 0 Å². The summed E-state index contributed by atoms with van der Waals surface area (Å²) in [5.74, 6) is 0.871. The Labute approximate surface area is 123 Å². The van der Waals surface area contributed by atoms with Crippen molar-refractivity contribution >= 4 is 15.9 Å². The normalized spacial score (nSPS) is 18.7. The highest BCUT2D eigenvalue weighted by Crippen LogP contribution is 2.42. The summed E-state index contributed by atoms with van der Waals surface area (Å²) in [5, 5.41) is 0. The highest BCUT2D eigenvalue weighted by atomic mass is 79.9. The number of hydrogen-bond acceptors (Lipinski definition) is 3. The third-order valence-electron chi connectivity index (χ3n) is 3.97. The van der Waals surface area contributed by atoms with E-state index in [1.807, 2.05) is 25.1 Å². The van der Waals surface area contributed by atoms with Crippen molar-refractivity contribution in [3.8, 4) is 5.75 Å². The van der Waals surface area contributed by atoms with Crippen LogP contribution in [0.4, 0.5) is 0 Å². The number of methoxy groups -OCH3 is 1. The summed E-state index contributed by atoms with van der Waals surface area (Å²) in [6.45, 7) is 2.65. The molecule has 1 aromatic carbocycles. The van der Waals surface area contributed by atoms with Crippen LogP contribution in [0.5, 0.6) is 5.75 Å². The summed E-state index contributed by atoms with van der Waals surface area (Å²) in [4.78, 5) is 0. The van der Waals surface area contributed by atoms with Gasteiger partial charge >= 0.3 is 0 Å². The summed E-state index contributed by atoms with van der Waals surface area (Å²) >= 11 is 3.59.